The van der Waals surface area contributed by atoms with Crippen LogP contribution in [0.5, 0.6) is 0 Å². The summed E-state index contributed by atoms with van der Waals surface area (Å²) in [7, 11) is 5.95. The zero-order valence-electron chi connectivity index (χ0n) is 42.8. The number of allylic oxidation sites excluding steroid dienone is 14. The standard InChI is InChI=1S/C57H97NO8/c1-6-8-10-12-14-16-18-20-22-23-24-25-26-27-28-29-30-31-32-33-34-36-38-40-42-44-46-48-55(60)66-53(52-65-57(56(61)62)63-50-49-58(3,4)5)51-64-54(59)47-45-43-41-39-37-35-21-19-17-15-13-11-9-7-2/h8,10,14,16,19-22,24-25,27-28,30-31,53,57H,6-7,9,11-13,15,17-18,23,26,29,32-52H2,1-5H3/p+1/b10-8-,16-14-,21-19-,22-20-,25-24-,28-27-,31-30-. The molecule has 1 N–H and O–H groups in total. The molecule has 0 aliphatic carbocycles. The van der Waals surface area contributed by atoms with E-state index in [1.165, 1.54) is 64.2 Å². The van der Waals surface area contributed by atoms with Crippen molar-refractivity contribution in [2.45, 2.75) is 212 Å². The lowest BCUT2D eigenvalue weighted by atomic mass is 10.1. The first-order valence-corrected chi connectivity index (χ1v) is 26.3. The zero-order chi connectivity index (χ0) is 48.4. The first-order valence-electron chi connectivity index (χ1n) is 26.3. The summed E-state index contributed by atoms with van der Waals surface area (Å²) in [5, 5.41) is 9.67. The number of carbonyl (C=O) groups is 3. The van der Waals surface area contributed by atoms with E-state index in [0.29, 0.717) is 17.4 Å². The van der Waals surface area contributed by atoms with Gasteiger partial charge in [-0.15, -0.1) is 0 Å². The van der Waals surface area contributed by atoms with E-state index in [0.717, 1.165) is 103 Å². The lowest BCUT2D eigenvalue weighted by Gasteiger charge is -2.25. The number of carbonyl (C=O) groups excluding carboxylic acids is 2. The summed E-state index contributed by atoms with van der Waals surface area (Å²) >= 11 is 0. The molecule has 9 nitrogen and oxygen atoms in total. The molecule has 66 heavy (non-hydrogen) atoms. The number of hydrogen-bond donors (Lipinski definition) is 1. The predicted octanol–water partition coefficient (Wildman–Crippen LogP) is 14.8. The summed E-state index contributed by atoms with van der Waals surface area (Å²) in [4.78, 5) is 37.3. The lowest BCUT2D eigenvalue weighted by Crippen LogP contribution is -2.40. The van der Waals surface area contributed by atoms with E-state index < -0.39 is 24.3 Å². The minimum Gasteiger partial charge on any atom is -0.477 e. The molecule has 0 heterocycles. The average Bonchev–Trinajstić information content (AvgIpc) is 3.28. The van der Waals surface area contributed by atoms with Crippen molar-refractivity contribution in [3.05, 3.63) is 85.1 Å². The molecule has 0 aromatic carbocycles. The van der Waals surface area contributed by atoms with Gasteiger partial charge in [-0.3, -0.25) is 9.59 Å². The van der Waals surface area contributed by atoms with Crippen molar-refractivity contribution in [2.75, 3.05) is 47.5 Å². The van der Waals surface area contributed by atoms with Crippen LogP contribution in [0.4, 0.5) is 0 Å². The van der Waals surface area contributed by atoms with E-state index in [4.69, 9.17) is 18.9 Å². The second kappa shape index (κ2) is 47.9. The third-order valence-corrected chi connectivity index (χ3v) is 10.9. The van der Waals surface area contributed by atoms with Crippen molar-refractivity contribution in [1.82, 2.24) is 0 Å². The van der Waals surface area contributed by atoms with E-state index in [-0.39, 0.29) is 38.6 Å². The van der Waals surface area contributed by atoms with Gasteiger partial charge in [0.25, 0.3) is 6.29 Å². The number of quaternary nitrogens is 1. The minimum absolute atomic E-state index is 0.181. The van der Waals surface area contributed by atoms with Crippen LogP contribution in [0.1, 0.15) is 200 Å². The average molecular weight is 925 g/mol. The van der Waals surface area contributed by atoms with Crippen LogP contribution in [0.25, 0.3) is 0 Å². The number of ether oxygens (including phenoxy) is 4. The first kappa shape index (κ1) is 62.5. The van der Waals surface area contributed by atoms with Gasteiger partial charge in [0.1, 0.15) is 13.2 Å². The van der Waals surface area contributed by atoms with Gasteiger partial charge in [0, 0.05) is 12.8 Å². The van der Waals surface area contributed by atoms with Gasteiger partial charge in [-0.25, -0.2) is 4.79 Å². The highest BCUT2D eigenvalue weighted by atomic mass is 16.7. The summed E-state index contributed by atoms with van der Waals surface area (Å²) in [5.74, 6) is -2.04. The maximum absolute atomic E-state index is 12.8. The number of aliphatic carboxylic acids is 1. The fraction of sp³-hybridized carbons (Fsp3) is 0.702. The fourth-order valence-electron chi connectivity index (χ4n) is 6.83. The normalized spacial score (nSPS) is 13.5. The third-order valence-electron chi connectivity index (χ3n) is 10.9. The maximum atomic E-state index is 12.8. The second-order valence-electron chi connectivity index (χ2n) is 18.4. The molecule has 0 aromatic rings. The Hall–Kier alpha value is -3.53. The molecule has 0 rings (SSSR count). The Morgan fingerprint density at radius 2 is 0.864 bits per heavy atom. The van der Waals surface area contributed by atoms with Crippen LogP contribution in [-0.4, -0.2) is 87.4 Å². The van der Waals surface area contributed by atoms with E-state index in [1.807, 2.05) is 21.1 Å². The molecule has 0 aromatic heterocycles. The Bertz CT molecular complexity index is 1350. The number of carboxylic acids is 1. The fourth-order valence-corrected chi connectivity index (χ4v) is 6.83. The van der Waals surface area contributed by atoms with E-state index in [9.17, 15) is 19.5 Å². The molecule has 0 amide bonds. The van der Waals surface area contributed by atoms with Gasteiger partial charge in [0.2, 0.25) is 0 Å². The number of hydrogen-bond acceptors (Lipinski definition) is 7. The summed E-state index contributed by atoms with van der Waals surface area (Å²) in [6.45, 7) is 4.72. The molecule has 2 unspecified atom stereocenters. The molecule has 0 saturated heterocycles. The molecular formula is C57H98NO8+. The van der Waals surface area contributed by atoms with Crippen LogP contribution in [0.15, 0.2) is 85.1 Å². The Kier molecular flexibility index (Phi) is 45.4. The molecular weight excluding hydrogens is 827 g/mol. The highest BCUT2D eigenvalue weighted by Crippen LogP contribution is 2.14. The van der Waals surface area contributed by atoms with Crippen molar-refractivity contribution in [2.24, 2.45) is 0 Å². The van der Waals surface area contributed by atoms with Crippen LogP contribution < -0.4 is 0 Å². The smallest absolute Gasteiger partial charge is 0.361 e. The van der Waals surface area contributed by atoms with E-state index >= 15 is 0 Å². The molecule has 0 radical (unpaired) electrons. The summed E-state index contributed by atoms with van der Waals surface area (Å²) < 4.78 is 22.8. The van der Waals surface area contributed by atoms with Crippen molar-refractivity contribution in [1.29, 1.82) is 0 Å². The van der Waals surface area contributed by atoms with Crippen molar-refractivity contribution in [3.8, 4) is 0 Å². The highest BCUT2D eigenvalue weighted by molar-refractivity contribution is 5.71. The number of unbranched alkanes of at least 4 members (excludes halogenated alkanes) is 18. The number of rotatable bonds is 47. The topological polar surface area (TPSA) is 108 Å². The van der Waals surface area contributed by atoms with Crippen LogP contribution >= 0.6 is 0 Å². The van der Waals surface area contributed by atoms with Gasteiger partial charge in [-0.2, -0.15) is 0 Å². The van der Waals surface area contributed by atoms with Gasteiger partial charge >= 0.3 is 17.9 Å². The number of likely N-dealkylation sites (N-methyl/N-ethyl adjacent to an activating group) is 1. The Morgan fingerprint density at radius 3 is 1.30 bits per heavy atom. The first-order chi connectivity index (χ1) is 32.1. The molecule has 0 spiro atoms. The minimum atomic E-state index is -1.52. The monoisotopic (exact) mass is 925 g/mol. The van der Waals surface area contributed by atoms with Gasteiger partial charge in [-0.1, -0.05) is 182 Å². The number of carboxylic acid groups (broad SMARTS) is 1. The lowest BCUT2D eigenvalue weighted by molar-refractivity contribution is -0.870. The highest BCUT2D eigenvalue weighted by Gasteiger charge is 2.25. The summed E-state index contributed by atoms with van der Waals surface area (Å²) in [5.41, 5.74) is 0. The molecule has 378 valence electrons. The molecule has 0 aliphatic rings. The van der Waals surface area contributed by atoms with E-state index in [2.05, 4.69) is 98.9 Å². The molecule has 2 atom stereocenters. The predicted molar refractivity (Wildman–Crippen MR) is 276 cm³/mol. The molecule has 0 aliphatic heterocycles. The van der Waals surface area contributed by atoms with Gasteiger partial charge in [0.15, 0.2) is 6.10 Å². The largest absolute Gasteiger partial charge is 0.477 e. The van der Waals surface area contributed by atoms with Gasteiger partial charge in [0.05, 0.1) is 34.4 Å². The number of nitrogens with zero attached hydrogens (tertiary/aromatic N) is 1. The second-order valence-corrected chi connectivity index (χ2v) is 18.4. The molecule has 0 saturated carbocycles. The van der Waals surface area contributed by atoms with Crippen LogP contribution in [-0.2, 0) is 33.3 Å². The molecule has 0 fully saturated rings. The van der Waals surface area contributed by atoms with Crippen LogP contribution in [0.2, 0.25) is 0 Å². The van der Waals surface area contributed by atoms with Crippen LogP contribution in [0, 0.1) is 0 Å². The summed E-state index contributed by atoms with van der Waals surface area (Å²) in [6, 6.07) is 0. The Labute approximate surface area is 404 Å². The van der Waals surface area contributed by atoms with Crippen molar-refractivity contribution in [3.63, 3.8) is 0 Å². The zero-order valence-corrected chi connectivity index (χ0v) is 42.8. The SMILES string of the molecule is CC/C=C\C/C=C\C/C=C\C/C=C\C/C=C\C/C=C\CCCCCCCCCCC(=O)OC(COC(=O)CCCCCCC/C=C\CCCCCCC)COC(OCC[N+](C)(C)C)C(=O)O. The van der Waals surface area contributed by atoms with Crippen molar-refractivity contribution < 1.29 is 42.9 Å². The Balaban J connectivity index is 4.33. The number of esters is 2. The molecule has 0 bridgehead atoms. The quantitative estimate of drug-likeness (QED) is 0.0211. The van der Waals surface area contributed by atoms with Gasteiger partial charge < -0.3 is 28.5 Å². The Morgan fingerprint density at radius 1 is 0.470 bits per heavy atom. The van der Waals surface area contributed by atoms with Crippen molar-refractivity contribution >= 4 is 17.9 Å². The molecule has 9 heteroatoms. The maximum Gasteiger partial charge on any atom is 0.361 e. The van der Waals surface area contributed by atoms with Gasteiger partial charge in [-0.05, 0) is 89.9 Å². The third kappa shape index (κ3) is 48.4. The summed E-state index contributed by atoms with van der Waals surface area (Å²) in [6.07, 6.45) is 59.3. The van der Waals surface area contributed by atoms with Crippen LogP contribution in [0.3, 0.4) is 0 Å². The van der Waals surface area contributed by atoms with E-state index in [1.54, 1.807) is 0 Å².